The van der Waals surface area contributed by atoms with Gasteiger partial charge in [-0.25, -0.2) is 4.98 Å². The first-order chi connectivity index (χ1) is 9.20. The summed E-state index contributed by atoms with van der Waals surface area (Å²) < 4.78 is 1.72. The highest BCUT2D eigenvalue weighted by atomic mass is 16.6. The van der Waals surface area contributed by atoms with Crippen molar-refractivity contribution < 1.29 is 4.92 Å². The van der Waals surface area contributed by atoms with Crippen LogP contribution in [-0.4, -0.2) is 38.3 Å². The zero-order valence-corrected chi connectivity index (χ0v) is 10.3. The molecule has 19 heavy (non-hydrogen) atoms. The zero-order chi connectivity index (χ0) is 13.7. The van der Waals surface area contributed by atoms with Crippen molar-refractivity contribution in [3.05, 3.63) is 34.8 Å². The number of rotatable bonds is 6. The second-order valence-electron chi connectivity index (χ2n) is 3.63. The van der Waals surface area contributed by atoms with Crippen LogP contribution in [0.3, 0.4) is 0 Å². The van der Waals surface area contributed by atoms with Crippen molar-refractivity contribution in [1.82, 2.24) is 19.7 Å². The van der Waals surface area contributed by atoms with Crippen molar-refractivity contribution in [2.45, 2.75) is 6.54 Å². The molecule has 0 saturated heterocycles. The summed E-state index contributed by atoms with van der Waals surface area (Å²) in [5.74, 6) is 0.517. The second-order valence-corrected chi connectivity index (χ2v) is 3.63. The summed E-state index contributed by atoms with van der Waals surface area (Å²) >= 11 is 0. The summed E-state index contributed by atoms with van der Waals surface area (Å²) in [4.78, 5) is 18.2. The highest BCUT2D eigenvalue weighted by Gasteiger charge is 2.16. The van der Waals surface area contributed by atoms with E-state index >= 15 is 0 Å². The predicted molar refractivity (Wildman–Crippen MR) is 68.9 cm³/mol. The molecule has 0 spiro atoms. The van der Waals surface area contributed by atoms with Gasteiger partial charge in [-0.3, -0.25) is 14.8 Å². The Morgan fingerprint density at radius 2 is 2.37 bits per heavy atom. The van der Waals surface area contributed by atoms with Crippen LogP contribution in [0, 0.1) is 10.1 Å². The van der Waals surface area contributed by atoms with Crippen molar-refractivity contribution in [3.8, 4) is 0 Å². The van der Waals surface area contributed by atoms with E-state index in [0.29, 0.717) is 19.0 Å². The van der Waals surface area contributed by atoms with Gasteiger partial charge in [-0.1, -0.05) is 0 Å². The third-order valence-electron chi connectivity index (χ3n) is 2.38. The van der Waals surface area contributed by atoms with Crippen LogP contribution >= 0.6 is 0 Å². The lowest BCUT2D eigenvalue weighted by Crippen LogP contribution is -2.13. The highest BCUT2D eigenvalue weighted by Crippen LogP contribution is 2.21. The Hall–Kier alpha value is -2.71. The minimum atomic E-state index is -0.518. The Bertz CT molecular complexity index is 555. The molecule has 9 nitrogen and oxygen atoms in total. The fourth-order valence-electron chi connectivity index (χ4n) is 1.48. The molecule has 0 aliphatic rings. The standard InChI is InChI=1S/C10H13N7O2/c1-11-10-13-7-8(17(18)19)9(15-10)12-4-6-16-5-2-3-14-16/h2-3,5,7H,4,6H2,1H3,(H2,11,12,13,15). The number of hydrogen-bond acceptors (Lipinski definition) is 7. The quantitative estimate of drug-likeness (QED) is 0.583. The van der Waals surface area contributed by atoms with Gasteiger partial charge >= 0.3 is 5.69 Å². The Balaban J connectivity index is 2.06. The minimum Gasteiger partial charge on any atom is -0.362 e. The van der Waals surface area contributed by atoms with Crippen LogP contribution in [0.15, 0.2) is 24.7 Å². The van der Waals surface area contributed by atoms with Crippen LogP contribution in [0.4, 0.5) is 17.5 Å². The number of nitrogens with zero attached hydrogens (tertiary/aromatic N) is 5. The molecule has 0 atom stereocenters. The lowest BCUT2D eigenvalue weighted by Gasteiger charge is -2.07. The van der Waals surface area contributed by atoms with E-state index < -0.39 is 4.92 Å². The zero-order valence-electron chi connectivity index (χ0n) is 10.3. The smallest absolute Gasteiger partial charge is 0.329 e. The molecule has 2 heterocycles. The van der Waals surface area contributed by atoms with E-state index in [0.717, 1.165) is 0 Å². The average molecular weight is 263 g/mol. The maximum absolute atomic E-state index is 10.9. The first-order valence-corrected chi connectivity index (χ1v) is 5.61. The van der Waals surface area contributed by atoms with Gasteiger partial charge in [-0.2, -0.15) is 10.1 Å². The molecule has 9 heteroatoms. The first-order valence-electron chi connectivity index (χ1n) is 5.61. The molecule has 0 aromatic carbocycles. The lowest BCUT2D eigenvalue weighted by molar-refractivity contribution is -0.384. The summed E-state index contributed by atoms with van der Waals surface area (Å²) in [5, 5.41) is 20.5. The summed E-state index contributed by atoms with van der Waals surface area (Å²) in [6.07, 6.45) is 4.66. The SMILES string of the molecule is CNc1ncc([N+](=O)[O-])c(NCCn2cccn2)n1. The summed E-state index contributed by atoms with van der Waals surface area (Å²) in [5.41, 5.74) is -0.153. The number of nitro groups is 1. The lowest BCUT2D eigenvalue weighted by atomic mass is 10.4. The largest absolute Gasteiger partial charge is 0.362 e. The van der Waals surface area contributed by atoms with Crippen LogP contribution in [0.1, 0.15) is 0 Å². The van der Waals surface area contributed by atoms with Gasteiger partial charge in [0.05, 0.1) is 11.5 Å². The maximum Gasteiger partial charge on any atom is 0.329 e. The summed E-state index contributed by atoms with van der Waals surface area (Å²) in [6.45, 7) is 1.06. The van der Waals surface area contributed by atoms with E-state index in [4.69, 9.17) is 0 Å². The van der Waals surface area contributed by atoms with Gasteiger partial charge in [-0.15, -0.1) is 0 Å². The molecule has 0 aliphatic heterocycles. The Morgan fingerprint density at radius 3 is 3.00 bits per heavy atom. The third kappa shape index (κ3) is 3.15. The molecule has 2 rings (SSSR count). The molecular weight excluding hydrogens is 250 g/mol. The number of anilines is 2. The molecule has 0 fully saturated rings. The molecule has 0 radical (unpaired) electrons. The van der Waals surface area contributed by atoms with Crippen molar-refractivity contribution in [3.63, 3.8) is 0 Å². The van der Waals surface area contributed by atoms with Crippen LogP contribution in [-0.2, 0) is 6.54 Å². The number of nitrogens with one attached hydrogen (secondary N) is 2. The molecule has 100 valence electrons. The number of aromatic nitrogens is 4. The van der Waals surface area contributed by atoms with E-state index in [-0.39, 0.29) is 11.5 Å². The van der Waals surface area contributed by atoms with Gasteiger partial charge in [0.15, 0.2) is 0 Å². The predicted octanol–water partition coefficient (Wildman–Crippen LogP) is 0.735. The van der Waals surface area contributed by atoms with Crippen molar-refractivity contribution in [2.24, 2.45) is 0 Å². The van der Waals surface area contributed by atoms with Gasteiger partial charge in [0, 0.05) is 26.0 Å². The Labute approximate surface area is 108 Å². The molecule has 0 bridgehead atoms. The maximum atomic E-state index is 10.9. The molecule has 2 aromatic rings. The Morgan fingerprint density at radius 1 is 1.53 bits per heavy atom. The average Bonchev–Trinajstić information content (AvgIpc) is 2.91. The van der Waals surface area contributed by atoms with Crippen molar-refractivity contribution in [1.29, 1.82) is 0 Å². The molecule has 0 amide bonds. The van der Waals surface area contributed by atoms with Crippen LogP contribution in [0.25, 0.3) is 0 Å². The van der Waals surface area contributed by atoms with E-state index in [1.54, 1.807) is 17.9 Å². The van der Waals surface area contributed by atoms with Gasteiger partial charge in [0.25, 0.3) is 0 Å². The fraction of sp³-hybridized carbons (Fsp3) is 0.300. The van der Waals surface area contributed by atoms with E-state index in [1.165, 1.54) is 6.20 Å². The normalized spacial score (nSPS) is 10.2. The van der Waals surface area contributed by atoms with E-state index in [9.17, 15) is 10.1 Å². The Kier molecular flexibility index (Phi) is 3.86. The van der Waals surface area contributed by atoms with E-state index in [2.05, 4.69) is 25.7 Å². The van der Waals surface area contributed by atoms with Gasteiger partial charge in [0.2, 0.25) is 11.8 Å². The highest BCUT2D eigenvalue weighted by molar-refractivity contribution is 5.56. The van der Waals surface area contributed by atoms with Crippen molar-refractivity contribution in [2.75, 3.05) is 24.2 Å². The third-order valence-corrected chi connectivity index (χ3v) is 2.38. The minimum absolute atomic E-state index is 0.153. The molecule has 0 saturated carbocycles. The van der Waals surface area contributed by atoms with E-state index in [1.807, 2.05) is 12.3 Å². The molecule has 0 aliphatic carbocycles. The van der Waals surface area contributed by atoms with Gasteiger partial charge < -0.3 is 10.6 Å². The second kappa shape index (κ2) is 5.76. The van der Waals surface area contributed by atoms with Crippen LogP contribution < -0.4 is 10.6 Å². The summed E-state index contributed by atoms with van der Waals surface area (Å²) in [6, 6.07) is 1.81. The van der Waals surface area contributed by atoms with Crippen LogP contribution in [0.2, 0.25) is 0 Å². The van der Waals surface area contributed by atoms with Crippen LogP contribution in [0.5, 0.6) is 0 Å². The van der Waals surface area contributed by atoms with Gasteiger partial charge in [-0.05, 0) is 6.07 Å². The monoisotopic (exact) mass is 263 g/mol. The first kappa shape index (κ1) is 12.7. The molecule has 2 N–H and O–H groups in total. The van der Waals surface area contributed by atoms with Crippen molar-refractivity contribution >= 4 is 17.5 Å². The van der Waals surface area contributed by atoms with Gasteiger partial charge in [0.1, 0.15) is 6.20 Å². The molecule has 0 unspecified atom stereocenters. The topological polar surface area (TPSA) is 111 Å². The number of hydrogen-bond donors (Lipinski definition) is 2. The fourth-order valence-corrected chi connectivity index (χ4v) is 1.48. The molecular formula is C10H13N7O2. The molecule has 2 aromatic heterocycles. The summed E-state index contributed by atoms with van der Waals surface area (Å²) in [7, 11) is 1.65.